The molecule has 21 heavy (non-hydrogen) atoms. The van der Waals surface area contributed by atoms with Gasteiger partial charge in [0.2, 0.25) is 5.91 Å². The molecule has 1 aromatic rings. The van der Waals surface area contributed by atoms with Crippen LogP contribution < -0.4 is 10.9 Å². The molecule has 0 spiro atoms. The topological polar surface area (TPSA) is 87.3 Å². The van der Waals surface area contributed by atoms with Gasteiger partial charge in [0.1, 0.15) is 11.6 Å². The molecule has 2 rings (SSSR count). The number of morpholine rings is 1. The van der Waals surface area contributed by atoms with Gasteiger partial charge in [0.05, 0.1) is 13.2 Å². The Labute approximate surface area is 123 Å². The van der Waals surface area contributed by atoms with E-state index in [0.717, 1.165) is 0 Å². The number of H-pyrrole nitrogens is 1. The zero-order valence-corrected chi connectivity index (χ0v) is 12.5. The Morgan fingerprint density at radius 1 is 1.48 bits per heavy atom. The summed E-state index contributed by atoms with van der Waals surface area (Å²) in [6, 6.07) is 1.41. The molecule has 7 heteroatoms. The van der Waals surface area contributed by atoms with Crippen molar-refractivity contribution in [2.24, 2.45) is 0 Å². The van der Waals surface area contributed by atoms with Crippen LogP contribution in [0.3, 0.4) is 0 Å². The van der Waals surface area contributed by atoms with Gasteiger partial charge in [-0.2, -0.15) is 0 Å². The van der Waals surface area contributed by atoms with Crippen molar-refractivity contribution < 1.29 is 9.53 Å². The van der Waals surface area contributed by atoms with Crippen molar-refractivity contribution in [3.8, 4) is 0 Å². The van der Waals surface area contributed by atoms with E-state index in [1.165, 1.54) is 6.07 Å². The van der Waals surface area contributed by atoms with E-state index in [-0.39, 0.29) is 17.4 Å². The van der Waals surface area contributed by atoms with Gasteiger partial charge < -0.3 is 19.9 Å². The van der Waals surface area contributed by atoms with Crippen LogP contribution in [0.5, 0.6) is 0 Å². The Hall–Kier alpha value is -1.89. The highest BCUT2D eigenvalue weighted by Crippen LogP contribution is 2.09. The molecule has 0 atom stereocenters. The van der Waals surface area contributed by atoms with Gasteiger partial charge in [0, 0.05) is 38.0 Å². The lowest BCUT2D eigenvalue weighted by molar-refractivity contribution is -0.134. The number of carbonyl (C=O) groups is 1. The van der Waals surface area contributed by atoms with Gasteiger partial charge in [-0.1, -0.05) is 13.8 Å². The second-order valence-electron chi connectivity index (χ2n) is 5.34. The number of nitrogens with one attached hydrogen (secondary N) is 2. The number of amides is 1. The standard InChI is InChI=1S/C14H22N4O3/c1-10(2)14-16-11(9-12(19)17-14)15-4-3-13(20)18-5-7-21-8-6-18/h9-10H,3-8H2,1-2H3,(H2,15,16,17,19). The predicted molar refractivity (Wildman–Crippen MR) is 79.5 cm³/mol. The highest BCUT2D eigenvalue weighted by molar-refractivity contribution is 5.76. The molecule has 1 fully saturated rings. The molecule has 1 aliphatic heterocycles. The van der Waals surface area contributed by atoms with Crippen LogP contribution in [-0.4, -0.2) is 53.6 Å². The van der Waals surface area contributed by atoms with Crippen LogP contribution in [0, 0.1) is 0 Å². The van der Waals surface area contributed by atoms with Gasteiger partial charge in [0.15, 0.2) is 0 Å². The molecule has 0 unspecified atom stereocenters. The van der Waals surface area contributed by atoms with E-state index in [1.807, 2.05) is 13.8 Å². The highest BCUT2D eigenvalue weighted by Gasteiger charge is 2.16. The Bertz CT molecular complexity index is 535. The van der Waals surface area contributed by atoms with Crippen molar-refractivity contribution in [3.63, 3.8) is 0 Å². The lowest BCUT2D eigenvalue weighted by Gasteiger charge is -2.26. The van der Waals surface area contributed by atoms with E-state index in [2.05, 4.69) is 15.3 Å². The van der Waals surface area contributed by atoms with Crippen molar-refractivity contribution in [1.29, 1.82) is 0 Å². The van der Waals surface area contributed by atoms with E-state index >= 15 is 0 Å². The number of hydrogen-bond donors (Lipinski definition) is 2. The minimum Gasteiger partial charge on any atom is -0.378 e. The van der Waals surface area contributed by atoms with Gasteiger partial charge in [-0.05, 0) is 0 Å². The summed E-state index contributed by atoms with van der Waals surface area (Å²) in [5.74, 6) is 1.40. The Balaban J connectivity index is 1.85. The van der Waals surface area contributed by atoms with Crippen molar-refractivity contribution in [2.45, 2.75) is 26.2 Å². The number of carbonyl (C=O) groups excluding carboxylic acids is 1. The van der Waals surface area contributed by atoms with Gasteiger partial charge >= 0.3 is 0 Å². The van der Waals surface area contributed by atoms with E-state index in [4.69, 9.17) is 4.74 Å². The normalized spacial score (nSPS) is 15.3. The summed E-state index contributed by atoms with van der Waals surface area (Å²) < 4.78 is 5.21. The monoisotopic (exact) mass is 294 g/mol. The maximum atomic E-state index is 12.0. The van der Waals surface area contributed by atoms with Gasteiger partial charge in [-0.3, -0.25) is 9.59 Å². The van der Waals surface area contributed by atoms with Crippen LogP contribution in [0.1, 0.15) is 32.0 Å². The Morgan fingerprint density at radius 3 is 2.86 bits per heavy atom. The summed E-state index contributed by atoms with van der Waals surface area (Å²) in [6.07, 6.45) is 0.380. The Morgan fingerprint density at radius 2 is 2.19 bits per heavy atom. The molecule has 1 amide bonds. The fourth-order valence-electron chi connectivity index (χ4n) is 2.11. The number of anilines is 1. The number of ether oxygens (including phenoxy) is 1. The molecular formula is C14H22N4O3. The summed E-state index contributed by atoms with van der Waals surface area (Å²) in [6.45, 7) is 6.90. The fourth-order valence-corrected chi connectivity index (χ4v) is 2.11. The van der Waals surface area contributed by atoms with Crippen LogP contribution >= 0.6 is 0 Å². The summed E-state index contributed by atoms with van der Waals surface area (Å²) in [4.78, 5) is 32.3. The number of nitrogens with zero attached hydrogens (tertiary/aromatic N) is 2. The van der Waals surface area contributed by atoms with E-state index < -0.39 is 0 Å². The first kappa shape index (κ1) is 15.5. The summed E-state index contributed by atoms with van der Waals surface area (Å²) in [5.41, 5.74) is -0.185. The molecule has 1 aromatic heterocycles. The van der Waals surface area contributed by atoms with Crippen molar-refractivity contribution in [1.82, 2.24) is 14.9 Å². The lowest BCUT2D eigenvalue weighted by Crippen LogP contribution is -2.41. The molecule has 116 valence electrons. The highest BCUT2D eigenvalue weighted by atomic mass is 16.5. The molecular weight excluding hydrogens is 272 g/mol. The third-order valence-corrected chi connectivity index (χ3v) is 3.32. The molecule has 7 nitrogen and oxygen atoms in total. The van der Waals surface area contributed by atoms with Crippen molar-refractivity contribution in [2.75, 3.05) is 38.2 Å². The van der Waals surface area contributed by atoms with Gasteiger partial charge in [-0.25, -0.2) is 4.98 Å². The first-order valence-electron chi connectivity index (χ1n) is 7.27. The van der Waals surface area contributed by atoms with E-state index in [0.29, 0.717) is 50.9 Å². The van der Waals surface area contributed by atoms with Crippen molar-refractivity contribution >= 4 is 11.7 Å². The maximum Gasteiger partial charge on any atom is 0.252 e. The summed E-state index contributed by atoms with van der Waals surface area (Å²) in [5, 5.41) is 3.04. The number of hydrogen-bond acceptors (Lipinski definition) is 5. The predicted octanol–water partition coefficient (Wildman–Crippen LogP) is 0.554. The largest absolute Gasteiger partial charge is 0.378 e. The molecule has 1 aliphatic rings. The molecule has 2 heterocycles. The van der Waals surface area contributed by atoms with Gasteiger partial charge in [-0.15, -0.1) is 0 Å². The van der Waals surface area contributed by atoms with Crippen LogP contribution in [0.2, 0.25) is 0 Å². The minimum absolute atomic E-state index is 0.0970. The second kappa shape index (κ2) is 7.21. The molecule has 1 saturated heterocycles. The third kappa shape index (κ3) is 4.56. The van der Waals surface area contributed by atoms with E-state index in [1.54, 1.807) is 4.90 Å². The zero-order chi connectivity index (χ0) is 15.2. The molecule has 0 radical (unpaired) electrons. The second-order valence-corrected chi connectivity index (χ2v) is 5.34. The molecule has 0 aliphatic carbocycles. The molecule has 0 saturated carbocycles. The molecule has 2 N–H and O–H groups in total. The lowest BCUT2D eigenvalue weighted by atomic mass is 10.2. The first-order chi connectivity index (χ1) is 10.1. The smallest absolute Gasteiger partial charge is 0.252 e. The van der Waals surface area contributed by atoms with Crippen molar-refractivity contribution in [3.05, 3.63) is 22.2 Å². The summed E-state index contributed by atoms with van der Waals surface area (Å²) in [7, 11) is 0. The SMILES string of the molecule is CC(C)c1nc(NCCC(=O)N2CCOCC2)cc(=O)[nH]1. The molecule has 0 aromatic carbocycles. The minimum atomic E-state index is -0.185. The van der Waals surface area contributed by atoms with E-state index in [9.17, 15) is 9.59 Å². The number of rotatable bonds is 5. The number of aromatic amines is 1. The van der Waals surface area contributed by atoms with Crippen LogP contribution in [0.25, 0.3) is 0 Å². The molecule has 0 bridgehead atoms. The van der Waals surface area contributed by atoms with Crippen LogP contribution in [0.15, 0.2) is 10.9 Å². The fraction of sp³-hybridized carbons (Fsp3) is 0.643. The Kier molecular flexibility index (Phi) is 5.32. The third-order valence-electron chi connectivity index (χ3n) is 3.32. The maximum absolute atomic E-state index is 12.0. The average molecular weight is 294 g/mol. The first-order valence-corrected chi connectivity index (χ1v) is 7.27. The summed E-state index contributed by atoms with van der Waals surface area (Å²) >= 11 is 0. The van der Waals surface area contributed by atoms with Crippen LogP contribution in [-0.2, 0) is 9.53 Å². The van der Waals surface area contributed by atoms with Crippen LogP contribution in [0.4, 0.5) is 5.82 Å². The van der Waals surface area contributed by atoms with Gasteiger partial charge in [0.25, 0.3) is 5.56 Å². The number of aromatic nitrogens is 2. The zero-order valence-electron chi connectivity index (χ0n) is 12.5. The quantitative estimate of drug-likeness (QED) is 0.828. The average Bonchev–Trinajstić information content (AvgIpc) is 2.47.